The maximum atomic E-state index is 12.0. The lowest BCUT2D eigenvalue weighted by atomic mass is 10.00. The van der Waals surface area contributed by atoms with Crippen molar-refractivity contribution in [3.8, 4) is 0 Å². The van der Waals surface area contributed by atoms with Gasteiger partial charge in [0.1, 0.15) is 0 Å². The largest absolute Gasteiger partial charge is 0.362 e. The summed E-state index contributed by atoms with van der Waals surface area (Å²) in [4.78, 5) is 14.1. The fourth-order valence-corrected chi connectivity index (χ4v) is 3.43. The highest BCUT2D eigenvalue weighted by Gasteiger charge is 2.26. The normalized spacial score (nSPS) is 17.8. The molecule has 2 N–H and O–H groups in total. The topological polar surface area (TPSA) is 78.5 Å². The molecule has 0 bridgehead atoms. The van der Waals surface area contributed by atoms with E-state index in [1.165, 1.54) is 0 Å². The first-order valence-electron chi connectivity index (χ1n) is 7.56. The molecule has 1 aromatic rings. The SMILES string of the molecule is CS(=O)(=O)Nc1cccc2c1CCCN2CC(=O)NC1CC1. The first-order chi connectivity index (χ1) is 10.4. The maximum Gasteiger partial charge on any atom is 0.239 e. The Hall–Kier alpha value is -1.76. The van der Waals surface area contributed by atoms with E-state index in [2.05, 4.69) is 10.0 Å². The second-order valence-electron chi connectivity index (χ2n) is 6.04. The van der Waals surface area contributed by atoms with Gasteiger partial charge in [0, 0.05) is 18.3 Å². The summed E-state index contributed by atoms with van der Waals surface area (Å²) in [5.74, 6) is 0.0387. The van der Waals surface area contributed by atoms with Crippen LogP contribution in [0.15, 0.2) is 18.2 Å². The number of hydrogen-bond donors (Lipinski definition) is 2. The molecule has 2 aliphatic rings. The molecule has 0 spiro atoms. The molecule has 1 aromatic carbocycles. The molecule has 1 saturated carbocycles. The fraction of sp³-hybridized carbons (Fsp3) is 0.533. The summed E-state index contributed by atoms with van der Waals surface area (Å²) in [7, 11) is -3.31. The highest BCUT2D eigenvalue weighted by molar-refractivity contribution is 7.92. The number of amides is 1. The van der Waals surface area contributed by atoms with Crippen LogP contribution in [-0.4, -0.2) is 39.7 Å². The Morgan fingerprint density at radius 1 is 1.36 bits per heavy atom. The van der Waals surface area contributed by atoms with Gasteiger partial charge >= 0.3 is 0 Å². The van der Waals surface area contributed by atoms with Gasteiger partial charge in [-0.15, -0.1) is 0 Å². The third kappa shape index (κ3) is 3.71. The molecule has 0 unspecified atom stereocenters. The number of benzene rings is 1. The van der Waals surface area contributed by atoms with E-state index in [4.69, 9.17) is 0 Å². The summed E-state index contributed by atoms with van der Waals surface area (Å²) in [5, 5.41) is 2.99. The lowest BCUT2D eigenvalue weighted by molar-refractivity contribution is -0.119. The van der Waals surface area contributed by atoms with Crippen molar-refractivity contribution in [2.75, 3.05) is 29.0 Å². The zero-order valence-corrected chi connectivity index (χ0v) is 13.4. The number of rotatable bonds is 5. The zero-order chi connectivity index (χ0) is 15.7. The van der Waals surface area contributed by atoms with Gasteiger partial charge < -0.3 is 10.2 Å². The number of carbonyl (C=O) groups excluding carboxylic acids is 1. The van der Waals surface area contributed by atoms with E-state index in [0.29, 0.717) is 18.3 Å². The number of nitrogens with one attached hydrogen (secondary N) is 2. The standard InChI is InChI=1S/C15H21N3O3S/c1-22(20,21)17-13-5-2-6-14-12(13)4-3-9-18(14)10-15(19)16-11-7-8-11/h2,5-6,11,17H,3-4,7-10H2,1H3,(H,16,19). The van der Waals surface area contributed by atoms with E-state index in [-0.39, 0.29) is 5.91 Å². The molecule has 1 amide bonds. The van der Waals surface area contributed by atoms with E-state index in [9.17, 15) is 13.2 Å². The lowest BCUT2D eigenvalue weighted by Crippen LogP contribution is -2.40. The Labute approximate surface area is 130 Å². The summed E-state index contributed by atoms with van der Waals surface area (Å²) in [6.45, 7) is 1.14. The van der Waals surface area contributed by atoms with E-state index >= 15 is 0 Å². The maximum absolute atomic E-state index is 12.0. The van der Waals surface area contributed by atoms with Crippen molar-refractivity contribution >= 4 is 27.3 Å². The van der Waals surface area contributed by atoms with Gasteiger partial charge in [-0.2, -0.15) is 0 Å². The van der Waals surface area contributed by atoms with Crippen LogP contribution in [-0.2, 0) is 21.2 Å². The molecular weight excluding hydrogens is 302 g/mol. The number of carbonyl (C=O) groups is 1. The number of hydrogen-bond acceptors (Lipinski definition) is 4. The van der Waals surface area contributed by atoms with Crippen LogP contribution in [0.5, 0.6) is 0 Å². The molecule has 6 nitrogen and oxygen atoms in total. The van der Waals surface area contributed by atoms with E-state index in [1.54, 1.807) is 6.07 Å². The van der Waals surface area contributed by atoms with Gasteiger partial charge in [-0.3, -0.25) is 9.52 Å². The number of sulfonamides is 1. The molecule has 0 atom stereocenters. The summed E-state index contributed by atoms with van der Waals surface area (Å²) < 4.78 is 25.5. The van der Waals surface area contributed by atoms with Gasteiger partial charge in [0.15, 0.2) is 0 Å². The van der Waals surface area contributed by atoms with Crippen LogP contribution in [0.3, 0.4) is 0 Å². The average molecular weight is 323 g/mol. The molecule has 120 valence electrons. The Bertz CT molecular complexity index is 683. The van der Waals surface area contributed by atoms with Crippen LogP contribution in [0.25, 0.3) is 0 Å². The molecule has 1 aliphatic heterocycles. The smallest absolute Gasteiger partial charge is 0.239 e. The minimum Gasteiger partial charge on any atom is -0.362 e. The predicted octanol–water partition coefficient (Wildman–Crippen LogP) is 1.09. The van der Waals surface area contributed by atoms with E-state index in [0.717, 1.165) is 49.7 Å². The van der Waals surface area contributed by atoms with Crippen molar-refractivity contribution in [2.24, 2.45) is 0 Å². The molecule has 1 fully saturated rings. The zero-order valence-electron chi connectivity index (χ0n) is 12.6. The number of nitrogens with zero attached hydrogens (tertiary/aromatic N) is 1. The van der Waals surface area contributed by atoms with Crippen LogP contribution in [0, 0.1) is 0 Å². The monoisotopic (exact) mass is 323 g/mol. The van der Waals surface area contributed by atoms with Crippen LogP contribution in [0.1, 0.15) is 24.8 Å². The van der Waals surface area contributed by atoms with Crippen molar-refractivity contribution in [3.63, 3.8) is 0 Å². The van der Waals surface area contributed by atoms with Crippen LogP contribution in [0.4, 0.5) is 11.4 Å². The van der Waals surface area contributed by atoms with E-state index in [1.807, 2.05) is 17.0 Å². The van der Waals surface area contributed by atoms with Crippen molar-refractivity contribution < 1.29 is 13.2 Å². The third-order valence-corrected chi connectivity index (χ3v) is 4.51. The van der Waals surface area contributed by atoms with Gasteiger partial charge in [0.2, 0.25) is 15.9 Å². The molecule has 22 heavy (non-hydrogen) atoms. The predicted molar refractivity (Wildman–Crippen MR) is 86.6 cm³/mol. The minimum atomic E-state index is -3.31. The van der Waals surface area contributed by atoms with Gasteiger partial charge in [0.05, 0.1) is 18.5 Å². The number of fused-ring (bicyclic) bond motifs is 1. The molecule has 1 heterocycles. The summed E-state index contributed by atoms with van der Waals surface area (Å²) in [6.07, 6.45) is 5.02. The quantitative estimate of drug-likeness (QED) is 0.850. The molecule has 7 heteroatoms. The summed E-state index contributed by atoms with van der Waals surface area (Å²) in [5.41, 5.74) is 2.54. The molecule has 1 aliphatic carbocycles. The first-order valence-corrected chi connectivity index (χ1v) is 9.45. The Morgan fingerprint density at radius 2 is 2.14 bits per heavy atom. The first kappa shape index (κ1) is 15.1. The second-order valence-corrected chi connectivity index (χ2v) is 7.79. The van der Waals surface area contributed by atoms with Crippen LogP contribution < -0.4 is 14.9 Å². The minimum absolute atomic E-state index is 0.0387. The Kier molecular flexibility index (Phi) is 3.99. The van der Waals surface area contributed by atoms with E-state index < -0.39 is 10.0 Å². The fourth-order valence-electron chi connectivity index (χ4n) is 2.83. The van der Waals surface area contributed by atoms with Gasteiger partial charge in [-0.05, 0) is 43.4 Å². The second kappa shape index (κ2) is 5.79. The third-order valence-electron chi connectivity index (χ3n) is 3.92. The van der Waals surface area contributed by atoms with Gasteiger partial charge in [-0.25, -0.2) is 8.42 Å². The summed E-state index contributed by atoms with van der Waals surface area (Å²) in [6, 6.07) is 5.90. The Morgan fingerprint density at radius 3 is 2.82 bits per heavy atom. The Balaban J connectivity index is 1.80. The van der Waals surface area contributed by atoms with Crippen molar-refractivity contribution in [1.82, 2.24) is 5.32 Å². The van der Waals surface area contributed by atoms with Gasteiger partial charge in [-0.1, -0.05) is 6.07 Å². The van der Waals surface area contributed by atoms with Crippen molar-refractivity contribution in [3.05, 3.63) is 23.8 Å². The van der Waals surface area contributed by atoms with Crippen molar-refractivity contribution in [2.45, 2.75) is 31.7 Å². The highest BCUT2D eigenvalue weighted by atomic mass is 32.2. The summed E-state index contributed by atoms with van der Waals surface area (Å²) >= 11 is 0. The number of anilines is 2. The lowest BCUT2D eigenvalue weighted by Gasteiger charge is -2.32. The molecule has 0 saturated heterocycles. The molecule has 0 aromatic heterocycles. The molecule has 3 rings (SSSR count). The van der Waals surface area contributed by atoms with Crippen LogP contribution >= 0.6 is 0 Å². The average Bonchev–Trinajstić information content (AvgIpc) is 3.22. The van der Waals surface area contributed by atoms with Crippen LogP contribution in [0.2, 0.25) is 0 Å². The molecule has 0 radical (unpaired) electrons. The highest BCUT2D eigenvalue weighted by Crippen LogP contribution is 2.33. The molecular formula is C15H21N3O3S. The van der Waals surface area contributed by atoms with Crippen molar-refractivity contribution in [1.29, 1.82) is 0 Å². The van der Waals surface area contributed by atoms with Gasteiger partial charge in [0.25, 0.3) is 0 Å².